The third-order valence-electron chi connectivity index (χ3n) is 2.18. The number of carbonyl (C=O) groups is 1. The van der Waals surface area contributed by atoms with Gasteiger partial charge in [-0.05, 0) is 38.7 Å². The highest BCUT2D eigenvalue weighted by Gasteiger charge is 2.07. The van der Waals surface area contributed by atoms with Crippen molar-refractivity contribution in [3.63, 3.8) is 0 Å². The molecule has 0 saturated heterocycles. The fourth-order valence-electron chi connectivity index (χ4n) is 1.31. The molecule has 11 heavy (non-hydrogen) atoms. The van der Waals surface area contributed by atoms with E-state index in [4.69, 9.17) is 0 Å². The summed E-state index contributed by atoms with van der Waals surface area (Å²) in [6.45, 7) is 4.27. The second kappa shape index (κ2) is 3.51. The Labute approximate surface area is 67.8 Å². The predicted octanol–water partition coefficient (Wildman–Crippen LogP) is 2.63. The van der Waals surface area contributed by atoms with Gasteiger partial charge in [0.15, 0.2) is 0 Å². The van der Waals surface area contributed by atoms with Crippen LogP contribution in [0, 0.1) is 0 Å². The molecule has 0 fully saturated rings. The van der Waals surface area contributed by atoms with Crippen molar-refractivity contribution in [3.05, 3.63) is 22.8 Å². The highest BCUT2D eigenvalue weighted by molar-refractivity contribution is 5.73. The number of allylic oxidation sites excluding steroid dienone is 4. The van der Waals surface area contributed by atoms with E-state index in [1.165, 1.54) is 11.1 Å². The summed E-state index contributed by atoms with van der Waals surface area (Å²) in [5, 5.41) is 0. The Morgan fingerprint density at radius 3 is 2.55 bits per heavy atom. The van der Waals surface area contributed by atoms with E-state index in [1.807, 2.05) is 6.08 Å². The van der Waals surface area contributed by atoms with Crippen LogP contribution in [0.5, 0.6) is 0 Å². The molecule has 60 valence electrons. The molecule has 0 aromatic heterocycles. The first-order valence-corrected chi connectivity index (χ1v) is 4.03. The van der Waals surface area contributed by atoms with Crippen molar-refractivity contribution < 1.29 is 4.79 Å². The van der Waals surface area contributed by atoms with Gasteiger partial charge in [-0.2, -0.15) is 0 Å². The van der Waals surface area contributed by atoms with E-state index in [1.54, 1.807) is 0 Å². The molecular formula is C10H14O. The standard InChI is InChI=1S/C10H14O/c1-8(2)10-5-3-9(7-11)4-6-10/h3,7H,4-6H2,1-2H3. The van der Waals surface area contributed by atoms with Crippen LogP contribution < -0.4 is 0 Å². The van der Waals surface area contributed by atoms with Crippen molar-refractivity contribution >= 4 is 6.29 Å². The minimum absolute atomic E-state index is 0.935. The average molecular weight is 150 g/mol. The fraction of sp³-hybridized carbons (Fsp3) is 0.500. The third-order valence-corrected chi connectivity index (χ3v) is 2.18. The number of carbonyl (C=O) groups excluding carboxylic acids is 1. The number of hydrogen-bond acceptors (Lipinski definition) is 1. The van der Waals surface area contributed by atoms with Gasteiger partial charge in [-0.15, -0.1) is 0 Å². The molecule has 0 aromatic carbocycles. The van der Waals surface area contributed by atoms with Gasteiger partial charge in [-0.25, -0.2) is 0 Å². The lowest BCUT2D eigenvalue weighted by Crippen LogP contribution is -1.97. The van der Waals surface area contributed by atoms with Crippen molar-refractivity contribution in [1.82, 2.24) is 0 Å². The van der Waals surface area contributed by atoms with Crippen LogP contribution in [0.25, 0.3) is 0 Å². The molecule has 0 spiro atoms. The first kappa shape index (κ1) is 8.25. The van der Waals surface area contributed by atoms with Crippen molar-refractivity contribution in [2.45, 2.75) is 33.1 Å². The quantitative estimate of drug-likeness (QED) is 0.415. The first-order valence-electron chi connectivity index (χ1n) is 4.03. The lowest BCUT2D eigenvalue weighted by Gasteiger charge is -2.13. The van der Waals surface area contributed by atoms with E-state index < -0.39 is 0 Å². The average Bonchev–Trinajstić information content (AvgIpc) is 2.05. The molecule has 0 heterocycles. The molecule has 0 aliphatic heterocycles. The Morgan fingerprint density at radius 1 is 1.45 bits per heavy atom. The van der Waals surface area contributed by atoms with E-state index in [0.717, 1.165) is 31.1 Å². The molecule has 0 amide bonds. The maximum absolute atomic E-state index is 10.4. The Morgan fingerprint density at radius 2 is 2.18 bits per heavy atom. The fourth-order valence-corrected chi connectivity index (χ4v) is 1.31. The highest BCUT2D eigenvalue weighted by Crippen LogP contribution is 2.23. The Kier molecular flexibility index (Phi) is 2.64. The van der Waals surface area contributed by atoms with E-state index in [0.29, 0.717) is 0 Å². The summed E-state index contributed by atoms with van der Waals surface area (Å²) >= 11 is 0. The van der Waals surface area contributed by atoms with Gasteiger partial charge in [0.1, 0.15) is 6.29 Å². The van der Waals surface area contributed by atoms with Crippen LogP contribution in [0.1, 0.15) is 33.1 Å². The van der Waals surface area contributed by atoms with Crippen molar-refractivity contribution in [2.24, 2.45) is 0 Å². The zero-order valence-electron chi connectivity index (χ0n) is 7.18. The summed E-state index contributed by atoms with van der Waals surface area (Å²) in [4.78, 5) is 10.4. The highest BCUT2D eigenvalue weighted by atomic mass is 16.1. The second-order valence-corrected chi connectivity index (χ2v) is 3.20. The van der Waals surface area contributed by atoms with Gasteiger partial charge in [0, 0.05) is 0 Å². The van der Waals surface area contributed by atoms with Crippen LogP contribution in [0.2, 0.25) is 0 Å². The molecule has 1 aliphatic rings. The largest absolute Gasteiger partial charge is 0.298 e. The number of hydrogen-bond donors (Lipinski definition) is 0. The maximum atomic E-state index is 10.4. The lowest BCUT2D eigenvalue weighted by atomic mass is 9.93. The Hall–Kier alpha value is -0.850. The zero-order chi connectivity index (χ0) is 8.27. The van der Waals surface area contributed by atoms with Gasteiger partial charge >= 0.3 is 0 Å². The van der Waals surface area contributed by atoms with E-state index in [9.17, 15) is 4.79 Å². The van der Waals surface area contributed by atoms with Crippen molar-refractivity contribution in [1.29, 1.82) is 0 Å². The number of rotatable bonds is 1. The van der Waals surface area contributed by atoms with Crippen molar-refractivity contribution in [3.8, 4) is 0 Å². The normalized spacial score (nSPS) is 17.6. The van der Waals surface area contributed by atoms with Gasteiger partial charge in [-0.3, -0.25) is 4.79 Å². The zero-order valence-corrected chi connectivity index (χ0v) is 7.18. The summed E-state index contributed by atoms with van der Waals surface area (Å²) in [5.74, 6) is 0. The molecule has 1 rings (SSSR count). The minimum Gasteiger partial charge on any atom is -0.298 e. The SMILES string of the molecule is CC(C)=C1CC=C(C=O)CC1. The summed E-state index contributed by atoms with van der Waals surface area (Å²) in [6.07, 6.45) is 6.01. The Balaban J connectivity index is 2.69. The van der Waals surface area contributed by atoms with Gasteiger partial charge in [0.25, 0.3) is 0 Å². The number of aldehydes is 1. The molecule has 0 aromatic rings. The van der Waals surface area contributed by atoms with Crippen LogP contribution in [-0.2, 0) is 4.79 Å². The molecule has 0 unspecified atom stereocenters. The topological polar surface area (TPSA) is 17.1 Å². The molecule has 0 atom stereocenters. The van der Waals surface area contributed by atoms with Crippen LogP contribution in [0.15, 0.2) is 22.8 Å². The van der Waals surface area contributed by atoms with Crippen LogP contribution in [-0.4, -0.2) is 6.29 Å². The lowest BCUT2D eigenvalue weighted by molar-refractivity contribution is -0.105. The minimum atomic E-state index is 0.935. The smallest absolute Gasteiger partial charge is 0.145 e. The summed E-state index contributed by atoms with van der Waals surface area (Å²) < 4.78 is 0. The van der Waals surface area contributed by atoms with Gasteiger partial charge in [0.2, 0.25) is 0 Å². The van der Waals surface area contributed by atoms with E-state index in [-0.39, 0.29) is 0 Å². The van der Waals surface area contributed by atoms with Gasteiger partial charge < -0.3 is 0 Å². The second-order valence-electron chi connectivity index (χ2n) is 3.20. The molecule has 1 heteroatoms. The predicted molar refractivity (Wildman–Crippen MR) is 46.4 cm³/mol. The molecular weight excluding hydrogens is 136 g/mol. The Bertz CT molecular complexity index is 217. The summed E-state index contributed by atoms with van der Waals surface area (Å²) in [5.41, 5.74) is 3.87. The molecule has 1 aliphatic carbocycles. The summed E-state index contributed by atoms with van der Waals surface area (Å²) in [6, 6.07) is 0. The van der Waals surface area contributed by atoms with Crippen LogP contribution in [0.4, 0.5) is 0 Å². The maximum Gasteiger partial charge on any atom is 0.145 e. The van der Waals surface area contributed by atoms with Gasteiger partial charge in [0.05, 0.1) is 0 Å². The van der Waals surface area contributed by atoms with Crippen LogP contribution >= 0.6 is 0 Å². The molecule has 0 bridgehead atoms. The third kappa shape index (κ3) is 2.04. The molecule has 0 radical (unpaired) electrons. The first-order chi connectivity index (χ1) is 5.24. The summed E-state index contributed by atoms with van der Waals surface area (Å²) in [7, 11) is 0. The molecule has 1 nitrogen and oxygen atoms in total. The van der Waals surface area contributed by atoms with Crippen LogP contribution in [0.3, 0.4) is 0 Å². The molecule has 0 saturated carbocycles. The van der Waals surface area contributed by atoms with E-state index >= 15 is 0 Å². The van der Waals surface area contributed by atoms with E-state index in [2.05, 4.69) is 13.8 Å². The van der Waals surface area contributed by atoms with Crippen molar-refractivity contribution in [2.75, 3.05) is 0 Å². The van der Waals surface area contributed by atoms with Gasteiger partial charge in [-0.1, -0.05) is 17.2 Å². The molecule has 0 N–H and O–H groups in total. The monoisotopic (exact) mass is 150 g/mol.